The third kappa shape index (κ3) is 4.55. The van der Waals surface area contributed by atoms with Crippen LogP contribution in [0.25, 0.3) is 0 Å². The lowest BCUT2D eigenvalue weighted by Crippen LogP contribution is -2.42. The van der Waals surface area contributed by atoms with Gasteiger partial charge in [-0.05, 0) is 49.2 Å². The zero-order valence-corrected chi connectivity index (χ0v) is 15.7. The number of carbonyl (C=O) groups excluding carboxylic acids is 2. The van der Waals surface area contributed by atoms with Crippen LogP contribution in [0, 0.1) is 5.82 Å². The van der Waals surface area contributed by atoms with Crippen LogP contribution in [0.2, 0.25) is 0 Å². The summed E-state index contributed by atoms with van der Waals surface area (Å²) in [5.41, 5.74) is 0.560. The Labute approximate surface area is 162 Å². The lowest BCUT2D eigenvalue weighted by Gasteiger charge is -2.22. The maximum atomic E-state index is 13.1. The Hall–Kier alpha value is -2.78. The number of halogens is 1. The molecule has 2 aromatic rings. The van der Waals surface area contributed by atoms with E-state index in [-0.39, 0.29) is 11.4 Å². The molecule has 1 atom stereocenters. The maximum Gasteiger partial charge on any atom is 0.324 e. The number of benzene rings is 2. The molecule has 1 aliphatic heterocycles. The second kappa shape index (κ2) is 8.49. The molecule has 7 nitrogen and oxygen atoms in total. The number of hydrogen-bond acceptors (Lipinski definition) is 5. The molecule has 3 rings (SSSR count). The summed E-state index contributed by atoms with van der Waals surface area (Å²) in [5.74, 6) is -1.86. The van der Waals surface area contributed by atoms with Crippen LogP contribution in [-0.4, -0.2) is 43.8 Å². The van der Waals surface area contributed by atoms with Crippen LogP contribution in [0.4, 0.5) is 10.1 Å². The predicted molar refractivity (Wildman–Crippen MR) is 99.3 cm³/mol. The first-order valence-electron chi connectivity index (χ1n) is 8.67. The minimum Gasteiger partial charge on any atom is -0.454 e. The fraction of sp³-hybridized carbons (Fsp3) is 0.263. The summed E-state index contributed by atoms with van der Waals surface area (Å²) < 4.78 is 44.6. The highest BCUT2D eigenvalue weighted by Crippen LogP contribution is 2.27. The van der Waals surface area contributed by atoms with Gasteiger partial charge in [-0.15, -0.1) is 0 Å². The molecule has 1 N–H and O–H groups in total. The number of ether oxygens (including phenoxy) is 1. The molecule has 0 saturated carbocycles. The van der Waals surface area contributed by atoms with Gasteiger partial charge in [-0.25, -0.2) is 12.8 Å². The van der Waals surface area contributed by atoms with Crippen molar-refractivity contribution < 1.29 is 27.1 Å². The first kappa shape index (κ1) is 20.0. The van der Waals surface area contributed by atoms with Crippen molar-refractivity contribution >= 4 is 27.6 Å². The molecule has 0 aromatic heterocycles. The van der Waals surface area contributed by atoms with E-state index in [4.69, 9.17) is 4.74 Å². The fourth-order valence-electron chi connectivity index (χ4n) is 2.96. The van der Waals surface area contributed by atoms with Gasteiger partial charge in [-0.1, -0.05) is 18.2 Å². The number of carbonyl (C=O) groups is 2. The van der Waals surface area contributed by atoms with Crippen molar-refractivity contribution in [2.75, 3.05) is 18.5 Å². The monoisotopic (exact) mass is 406 g/mol. The molecule has 0 radical (unpaired) electrons. The minimum atomic E-state index is -3.97. The number of para-hydroxylation sites is 1. The number of nitrogens with one attached hydrogen (secondary N) is 1. The van der Waals surface area contributed by atoms with Crippen LogP contribution in [0.15, 0.2) is 59.5 Å². The predicted octanol–water partition coefficient (Wildman–Crippen LogP) is 2.16. The first-order chi connectivity index (χ1) is 13.4. The van der Waals surface area contributed by atoms with Gasteiger partial charge in [-0.3, -0.25) is 9.59 Å². The van der Waals surface area contributed by atoms with E-state index in [0.29, 0.717) is 18.5 Å². The number of nitrogens with zero attached hydrogens (tertiary/aromatic N) is 1. The van der Waals surface area contributed by atoms with Crippen molar-refractivity contribution in [3.8, 4) is 0 Å². The van der Waals surface area contributed by atoms with Gasteiger partial charge in [0.05, 0.1) is 4.90 Å². The van der Waals surface area contributed by atoms with Crippen LogP contribution in [0.3, 0.4) is 0 Å². The summed E-state index contributed by atoms with van der Waals surface area (Å²) >= 11 is 0. The van der Waals surface area contributed by atoms with E-state index in [9.17, 15) is 22.4 Å². The van der Waals surface area contributed by atoms with E-state index in [0.717, 1.165) is 28.6 Å². The SMILES string of the molecule is O=C(COC(=O)[C@@H]1CCCN1S(=O)(=O)c1ccc(F)cc1)Nc1ccccc1. The number of amides is 1. The van der Waals surface area contributed by atoms with Crippen molar-refractivity contribution in [1.29, 1.82) is 0 Å². The maximum absolute atomic E-state index is 13.1. The number of hydrogen-bond donors (Lipinski definition) is 1. The molecule has 0 aliphatic carbocycles. The molecule has 1 fully saturated rings. The number of esters is 1. The normalized spacial score (nSPS) is 17.2. The van der Waals surface area contributed by atoms with Crippen LogP contribution < -0.4 is 5.32 Å². The van der Waals surface area contributed by atoms with E-state index in [2.05, 4.69) is 5.32 Å². The van der Waals surface area contributed by atoms with E-state index in [1.54, 1.807) is 30.3 Å². The summed E-state index contributed by atoms with van der Waals surface area (Å²) in [4.78, 5) is 24.2. The van der Waals surface area contributed by atoms with Gasteiger partial charge >= 0.3 is 5.97 Å². The van der Waals surface area contributed by atoms with Crippen molar-refractivity contribution in [2.45, 2.75) is 23.8 Å². The van der Waals surface area contributed by atoms with Crippen LogP contribution in [-0.2, 0) is 24.3 Å². The molecule has 0 spiro atoms. The smallest absolute Gasteiger partial charge is 0.324 e. The summed E-state index contributed by atoms with van der Waals surface area (Å²) in [7, 11) is -3.97. The minimum absolute atomic E-state index is 0.101. The van der Waals surface area contributed by atoms with E-state index < -0.39 is 40.4 Å². The Morgan fingerprint density at radius 2 is 1.79 bits per heavy atom. The quantitative estimate of drug-likeness (QED) is 0.742. The van der Waals surface area contributed by atoms with Gasteiger partial charge in [0, 0.05) is 12.2 Å². The molecule has 28 heavy (non-hydrogen) atoms. The van der Waals surface area contributed by atoms with Gasteiger partial charge in [0.15, 0.2) is 6.61 Å². The van der Waals surface area contributed by atoms with Gasteiger partial charge < -0.3 is 10.1 Å². The Bertz CT molecular complexity index is 948. The summed E-state index contributed by atoms with van der Waals surface area (Å²) in [6, 6.07) is 12.1. The summed E-state index contributed by atoms with van der Waals surface area (Å²) in [5, 5.41) is 2.58. The Kier molecular flexibility index (Phi) is 6.05. The lowest BCUT2D eigenvalue weighted by molar-refractivity contribution is -0.150. The zero-order chi connectivity index (χ0) is 20.1. The molecule has 0 unspecified atom stereocenters. The molecule has 9 heteroatoms. The summed E-state index contributed by atoms with van der Waals surface area (Å²) in [6.07, 6.45) is 0.774. The molecular weight excluding hydrogens is 387 g/mol. The third-order valence-electron chi connectivity index (χ3n) is 4.30. The first-order valence-corrected chi connectivity index (χ1v) is 10.1. The Morgan fingerprint density at radius 3 is 2.46 bits per heavy atom. The van der Waals surface area contributed by atoms with Crippen LogP contribution in [0.1, 0.15) is 12.8 Å². The number of anilines is 1. The van der Waals surface area contributed by atoms with Crippen LogP contribution in [0.5, 0.6) is 0 Å². The van der Waals surface area contributed by atoms with Crippen molar-refractivity contribution in [3.05, 3.63) is 60.4 Å². The average molecular weight is 406 g/mol. The molecule has 0 bridgehead atoms. The zero-order valence-electron chi connectivity index (χ0n) is 14.9. The molecule has 2 aromatic carbocycles. The average Bonchev–Trinajstić information content (AvgIpc) is 3.18. The topological polar surface area (TPSA) is 92.8 Å². The summed E-state index contributed by atoms with van der Waals surface area (Å²) in [6.45, 7) is -0.371. The van der Waals surface area contributed by atoms with Crippen LogP contribution >= 0.6 is 0 Å². The molecule has 1 amide bonds. The number of sulfonamides is 1. The van der Waals surface area contributed by atoms with Crippen molar-refractivity contribution in [1.82, 2.24) is 4.31 Å². The van der Waals surface area contributed by atoms with Gasteiger partial charge in [0.1, 0.15) is 11.9 Å². The van der Waals surface area contributed by atoms with Gasteiger partial charge in [0.2, 0.25) is 10.0 Å². The van der Waals surface area contributed by atoms with E-state index >= 15 is 0 Å². The standard InChI is InChI=1S/C19H19FN2O5S/c20-14-8-10-16(11-9-14)28(25,26)22-12-4-7-17(22)19(24)27-13-18(23)21-15-5-2-1-3-6-15/h1-3,5-6,8-11,17H,4,7,12-13H2,(H,21,23)/t17-/m0/s1. The largest absolute Gasteiger partial charge is 0.454 e. The molecule has 1 saturated heterocycles. The van der Waals surface area contributed by atoms with Crippen molar-refractivity contribution in [3.63, 3.8) is 0 Å². The van der Waals surface area contributed by atoms with E-state index in [1.807, 2.05) is 0 Å². The Morgan fingerprint density at radius 1 is 1.11 bits per heavy atom. The highest BCUT2D eigenvalue weighted by Gasteiger charge is 2.40. The molecule has 148 valence electrons. The molecule has 1 aliphatic rings. The van der Waals surface area contributed by atoms with Crippen molar-refractivity contribution in [2.24, 2.45) is 0 Å². The second-order valence-electron chi connectivity index (χ2n) is 6.25. The third-order valence-corrected chi connectivity index (χ3v) is 6.22. The lowest BCUT2D eigenvalue weighted by atomic mass is 10.2. The van der Waals surface area contributed by atoms with Gasteiger partial charge in [0.25, 0.3) is 5.91 Å². The Balaban J connectivity index is 1.62. The van der Waals surface area contributed by atoms with E-state index in [1.165, 1.54) is 0 Å². The fourth-order valence-corrected chi connectivity index (χ4v) is 4.60. The molecule has 1 heterocycles. The number of rotatable bonds is 6. The van der Waals surface area contributed by atoms with Gasteiger partial charge in [-0.2, -0.15) is 4.31 Å². The highest BCUT2D eigenvalue weighted by molar-refractivity contribution is 7.89. The molecular formula is C19H19FN2O5S. The highest BCUT2D eigenvalue weighted by atomic mass is 32.2. The second-order valence-corrected chi connectivity index (χ2v) is 8.14.